The monoisotopic (exact) mass is 471 g/mol. The van der Waals surface area contributed by atoms with Gasteiger partial charge in [-0.1, -0.05) is 29.8 Å². The molecular formula is C18H25ClF3N3O6. The van der Waals surface area contributed by atoms with Gasteiger partial charge >= 0.3 is 18.1 Å². The molecule has 1 heterocycles. The van der Waals surface area contributed by atoms with Crippen LogP contribution < -0.4 is 10.7 Å². The van der Waals surface area contributed by atoms with E-state index in [9.17, 15) is 22.8 Å². The van der Waals surface area contributed by atoms with Crippen LogP contribution in [0.1, 0.15) is 17.5 Å². The Kier molecular flexibility index (Phi) is 10.6. The molecule has 0 aliphatic carbocycles. The standard InChI is InChI=1S/C14H19ClF3N3.C4H6O6/c1-10-3-2-4-11(13(10)15)8-21(9-14(16,17)18)20-12-5-6-19-7-12;5-1(3(7)8)2(6)4(9)10/h2-4,12,19-20H,5-9H2,1H3;1-2,5-6H,(H,7,8)(H,9,10)/t12-;/m0./s1. The van der Waals surface area contributed by atoms with E-state index in [2.05, 4.69) is 10.7 Å². The van der Waals surface area contributed by atoms with E-state index in [0.717, 1.165) is 18.5 Å². The number of halogens is 4. The molecule has 1 saturated heterocycles. The topological polar surface area (TPSA) is 142 Å². The quantitative estimate of drug-likeness (QED) is 0.303. The molecule has 9 nitrogen and oxygen atoms in total. The van der Waals surface area contributed by atoms with Crippen molar-refractivity contribution in [3.63, 3.8) is 0 Å². The largest absolute Gasteiger partial charge is 0.479 e. The third-order valence-electron chi connectivity index (χ3n) is 4.23. The molecule has 176 valence electrons. The second-order valence-corrected chi connectivity index (χ2v) is 7.28. The molecule has 0 saturated carbocycles. The lowest BCUT2D eigenvalue weighted by molar-refractivity contribution is -0.165. The summed E-state index contributed by atoms with van der Waals surface area (Å²) in [6.07, 6.45) is -7.97. The van der Waals surface area contributed by atoms with E-state index in [-0.39, 0.29) is 12.6 Å². The molecule has 31 heavy (non-hydrogen) atoms. The van der Waals surface area contributed by atoms with Gasteiger partial charge in [0, 0.05) is 24.2 Å². The minimum absolute atomic E-state index is 0.0240. The number of aryl methyl sites for hydroxylation is 1. The van der Waals surface area contributed by atoms with Crippen LogP contribution in [0, 0.1) is 6.92 Å². The molecule has 0 amide bonds. The molecule has 1 aromatic rings. The van der Waals surface area contributed by atoms with Crippen LogP contribution in [0.15, 0.2) is 18.2 Å². The lowest BCUT2D eigenvalue weighted by atomic mass is 10.1. The fourth-order valence-corrected chi connectivity index (χ4v) is 2.88. The number of nitrogens with one attached hydrogen (secondary N) is 2. The van der Waals surface area contributed by atoms with Crippen LogP contribution in [-0.4, -0.2) is 81.4 Å². The molecule has 6 N–H and O–H groups in total. The first-order chi connectivity index (χ1) is 14.3. The van der Waals surface area contributed by atoms with Crippen molar-refractivity contribution in [3.05, 3.63) is 34.3 Å². The number of carbonyl (C=O) groups is 2. The number of carboxylic acid groups (broad SMARTS) is 2. The van der Waals surface area contributed by atoms with Gasteiger partial charge in [0.2, 0.25) is 0 Å². The fraction of sp³-hybridized carbons (Fsp3) is 0.556. The molecular weight excluding hydrogens is 447 g/mol. The molecule has 0 bridgehead atoms. The van der Waals surface area contributed by atoms with Crippen molar-refractivity contribution in [1.82, 2.24) is 15.8 Å². The normalized spacial score (nSPS) is 18.3. The van der Waals surface area contributed by atoms with Gasteiger partial charge in [-0.25, -0.2) is 14.6 Å². The maximum absolute atomic E-state index is 12.7. The third-order valence-corrected chi connectivity index (χ3v) is 4.77. The number of rotatable bonds is 8. The van der Waals surface area contributed by atoms with Gasteiger partial charge in [0.05, 0.1) is 0 Å². The molecule has 0 radical (unpaired) electrons. The number of aliphatic carboxylic acids is 2. The minimum Gasteiger partial charge on any atom is -0.479 e. The average Bonchev–Trinajstić information content (AvgIpc) is 3.16. The Morgan fingerprint density at radius 1 is 1.26 bits per heavy atom. The van der Waals surface area contributed by atoms with E-state index in [1.165, 1.54) is 5.01 Å². The number of hydrazine groups is 1. The first-order valence-electron chi connectivity index (χ1n) is 9.16. The number of hydrogen-bond acceptors (Lipinski definition) is 7. The highest BCUT2D eigenvalue weighted by molar-refractivity contribution is 6.32. The van der Waals surface area contributed by atoms with Crippen LogP contribution in [-0.2, 0) is 16.1 Å². The number of aliphatic hydroxyl groups is 2. The van der Waals surface area contributed by atoms with E-state index in [1.807, 2.05) is 13.0 Å². The molecule has 1 fully saturated rings. The molecule has 3 atom stereocenters. The number of alkyl halides is 3. The summed E-state index contributed by atoms with van der Waals surface area (Å²) >= 11 is 6.18. The van der Waals surface area contributed by atoms with Crippen LogP contribution in [0.2, 0.25) is 5.02 Å². The highest BCUT2D eigenvalue weighted by Gasteiger charge is 2.32. The van der Waals surface area contributed by atoms with Gasteiger partial charge in [-0.3, -0.25) is 5.43 Å². The highest BCUT2D eigenvalue weighted by atomic mass is 35.5. The van der Waals surface area contributed by atoms with Gasteiger partial charge < -0.3 is 25.7 Å². The number of benzene rings is 1. The van der Waals surface area contributed by atoms with E-state index in [0.29, 0.717) is 17.1 Å². The van der Waals surface area contributed by atoms with Crippen molar-refractivity contribution in [2.75, 3.05) is 19.6 Å². The van der Waals surface area contributed by atoms with Crippen molar-refractivity contribution >= 4 is 23.5 Å². The van der Waals surface area contributed by atoms with Crippen molar-refractivity contribution in [2.24, 2.45) is 0 Å². The van der Waals surface area contributed by atoms with Crippen LogP contribution in [0.3, 0.4) is 0 Å². The fourth-order valence-electron chi connectivity index (χ4n) is 2.69. The number of nitrogens with zero attached hydrogens (tertiary/aromatic N) is 1. The van der Waals surface area contributed by atoms with Gasteiger partial charge in [0.15, 0.2) is 12.2 Å². The van der Waals surface area contributed by atoms with Crippen LogP contribution >= 0.6 is 11.6 Å². The van der Waals surface area contributed by atoms with Gasteiger partial charge in [-0.05, 0) is 31.0 Å². The van der Waals surface area contributed by atoms with Crippen molar-refractivity contribution in [1.29, 1.82) is 0 Å². The molecule has 2 unspecified atom stereocenters. The number of hydrogen-bond donors (Lipinski definition) is 6. The zero-order chi connectivity index (χ0) is 23.8. The Morgan fingerprint density at radius 2 is 1.84 bits per heavy atom. The predicted octanol–water partition coefficient (Wildman–Crippen LogP) is 0.757. The molecule has 0 aromatic heterocycles. The Morgan fingerprint density at radius 3 is 2.29 bits per heavy atom. The van der Waals surface area contributed by atoms with Crippen LogP contribution in [0.4, 0.5) is 13.2 Å². The van der Waals surface area contributed by atoms with Gasteiger partial charge in [-0.2, -0.15) is 13.2 Å². The summed E-state index contributed by atoms with van der Waals surface area (Å²) < 4.78 is 38.2. The lowest BCUT2D eigenvalue weighted by Gasteiger charge is -2.28. The van der Waals surface area contributed by atoms with Gasteiger partial charge in [-0.15, -0.1) is 0 Å². The molecule has 1 aliphatic heterocycles. The maximum Gasteiger partial charge on any atom is 0.402 e. The summed E-state index contributed by atoms with van der Waals surface area (Å²) in [5.41, 5.74) is 4.52. The van der Waals surface area contributed by atoms with Crippen LogP contribution in [0.5, 0.6) is 0 Å². The summed E-state index contributed by atoms with van der Waals surface area (Å²) in [6.45, 7) is 2.46. The second-order valence-electron chi connectivity index (χ2n) is 6.90. The number of carboxylic acids is 2. The smallest absolute Gasteiger partial charge is 0.402 e. The van der Waals surface area contributed by atoms with Crippen molar-refractivity contribution in [2.45, 2.75) is 44.3 Å². The van der Waals surface area contributed by atoms with E-state index < -0.39 is 36.9 Å². The highest BCUT2D eigenvalue weighted by Crippen LogP contribution is 2.23. The Bertz CT molecular complexity index is 729. The zero-order valence-corrected chi connectivity index (χ0v) is 17.3. The van der Waals surface area contributed by atoms with E-state index in [1.54, 1.807) is 12.1 Å². The SMILES string of the molecule is Cc1cccc(CN(CC(F)(F)F)N[C@H]2CCNC2)c1Cl.O=C(O)C(O)C(O)C(=O)O. The molecule has 2 rings (SSSR count). The molecule has 13 heteroatoms. The summed E-state index contributed by atoms with van der Waals surface area (Å²) in [5, 5.41) is 37.4. The van der Waals surface area contributed by atoms with Gasteiger partial charge in [0.1, 0.15) is 6.54 Å². The Balaban J connectivity index is 0.000000407. The summed E-state index contributed by atoms with van der Waals surface area (Å²) in [7, 11) is 0. The zero-order valence-electron chi connectivity index (χ0n) is 16.6. The summed E-state index contributed by atoms with van der Waals surface area (Å²) in [4.78, 5) is 19.5. The van der Waals surface area contributed by atoms with Crippen molar-refractivity contribution < 1.29 is 43.2 Å². The third kappa shape index (κ3) is 9.80. The predicted molar refractivity (Wildman–Crippen MR) is 104 cm³/mol. The average molecular weight is 472 g/mol. The summed E-state index contributed by atoms with van der Waals surface area (Å²) in [6, 6.07) is 5.43. The molecule has 0 spiro atoms. The Hall–Kier alpha value is -1.96. The first kappa shape index (κ1) is 27.1. The minimum atomic E-state index is -4.25. The van der Waals surface area contributed by atoms with Gasteiger partial charge in [0.25, 0.3) is 0 Å². The molecule has 1 aliphatic rings. The summed E-state index contributed by atoms with van der Waals surface area (Å²) in [5.74, 6) is -3.54. The second kappa shape index (κ2) is 12.2. The number of aliphatic hydroxyl groups excluding tert-OH is 2. The maximum atomic E-state index is 12.7. The van der Waals surface area contributed by atoms with E-state index in [4.69, 9.17) is 32.0 Å². The molecule has 1 aromatic carbocycles. The van der Waals surface area contributed by atoms with Crippen molar-refractivity contribution in [3.8, 4) is 0 Å². The first-order valence-corrected chi connectivity index (χ1v) is 9.54. The van der Waals surface area contributed by atoms with E-state index >= 15 is 0 Å². The lowest BCUT2D eigenvalue weighted by Crippen LogP contribution is -2.49. The van der Waals surface area contributed by atoms with Crippen LogP contribution in [0.25, 0.3) is 0 Å². The Labute approximate surface area is 181 Å².